The van der Waals surface area contributed by atoms with Gasteiger partial charge in [-0.1, -0.05) is 56.3 Å². The van der Waals surface area contributed by atoms with Crippen molar-refractivity contribution in [2.24, 2.45) is 11.7 Å². The van der Waals surface area contributed by atoms with Crippen LogP contribution >= 0.6 is 0 Å². The van der Waals surface area contributed by atoms with Crippen molar-refractivity contribution in [1.29, 1.82) is 0 Å². The second-order valence-electron chi connectivity index (χ2n) is 11.8. The first-order valence-electron chi connectivity index (χ1n) is 15.3. The molecule has 2 rings (SSSR count). The van der Waals surface area contributed by atoms with E-state index in [1.165, 1.54) is 24.0 Å². The van der Waals surface area contributed by atoms with Gasteiger partial charge in [0.25, 0.3) is 0 Å². The average molecular weight is 644 g/mol. The summed E-state index contributed by atoms with van der Waals surface area (Å²) >= 11 is 0. The number of hydrogen-bond acceptors (Lipinski definition) is 7. The quantitative estimate of drug-likeness (QED) is 0.192. The van der Waals surface area contributed by atoms with Crippen molar-refractivity contribution in [2.45, 2.75) is 64.6 Å². The predicted molar refractivity (Wildman–Crippen MR) is 177 cm³/mol. The average Bonchev–Trinajstić information content (AvgIpc) is 3.00. The Labute approximate surface area is 269 Å². The van der Waals surface area contributed by atoms with E-state index in [1.807, 2.05) is 30.3 Å². The van der Waals surface area contributed by atoms with Gasteiger partial charge in [0, 0.05) is 49.4 Å². The number of phenolic OH excluding ortho intramolecular Hbond substituents is 1. The van der Waals surface area contributed by atoms with Gasteiger partial charge in [0.05, 0.1) is 12.6 Å². The third-order valence-electron chi connectivity index (χ3n) is 7.46. The van der Waals surface area contributed by atoms with Crippen molar-refractivity contribution in [3.63, 3.8) is 0 Å². The molecule has 0 aliphatic rings. The Morgan fingerprint density at radius 1 is 0.911 bits per heavy atom. The number of amides is 4. The van der Waals surface area contributed by atoms with Crippen molar-refractivity contribution in [3.05, 3.63) is 65.7 Å². The summed E-state index contributed by atoms with van der Waals surface area (Å²) in [5.41, 5.74) is 7.65. The van der Waals surface area contributed by atoms with Gasteiger partial charge in [0.1, 0.15) is 17.8 Å². The van der Waals surface area contributed by atoms with Gasteiger partial charge in [0.2, 0.25) is 23.6 Å². The third-order valence-corrected chi connectivity index (χ3v) is 8.32. The van der Waals surface area contributed by atoms with E-state index in [9.17, 15) is 28.5 Å². The van der Waals surface area contributed by atoms with E-state index in [0.29, 0.717) is 37.6 Å². The normalized spacial score (nSPS) is 13.8. The highest BCUT2D eigenvalue weighted by molar-refractivity contribution is 7.84. The number of phenols is 1. The van der Waals surface area contributed by atoms with Gasteiger partial charge in [-0.15, -0.1) is 0 Å². The third kappa shape index (κ3) is 13.4. The molecule has 5 N–H and O–H groups in total. The van der Waals surface area contributed by atoms with Crippen molar-refractivity contribution >= 4 is 34.4 Å². The molecule has 12 heteroatoms. The van der Waals surface area contributed by atoms with Crippen LogP contribution in [0.5, 0.6) is 5.75 Å². The van der Waals surface area contributed by atoms with E-state index >= 15 is 0 Å². The first-order valence-corrected chi connectivity index (χ1v) is 17.0. The molecule has 0 saturated carbocycles. The second kappa shape index (κ2) is 18.9. The summed E-state index contributed by atoms with van der Waals surface area (Å²) in [4.78, 5) is 55.8. The Kier molecular flexibility index (Phi) is 15.7. The Morgan fingerprint density at radius 2 is 1.53 bits per heavy atom. The van der Waals surface area contributed by atoms with Crippen LogP contribution in [0, 0.1) is 5.92 Å². The SMILES string of the molecule is CC(C)CCN(CCCS(C)=O)C(=O)[C@H](Cc1ccccc1)N(C)C(=O)CNC(=O)[C@@H](C)NC(=O)[C@@H](N)Cc1ccc(O)cc1. The maximum atomic E-state index is 14.0. The second-order valence-corrected chi connectivity index (χ2v) is 13.3. The zero-order valence-electron chi connectivity index (χ0n) is 27.0. The summed E-state index contributed by atoms with van der Waals surface area (Å²) in [7, 11) is 0.572. The lowest BCUT2D eigenvalue weighted by Crippen LogP contribution is -2.54. The highest BCUT2D eigenvalue weighted by atomic mass is 32.2. The number of carbonyl (C=O) groups excluding carboxylic acids is 4. The molecule has 1 unspecified atom stereocenters. The number of nitrogens with zero attached hydrogens (tertiary/aromatic N) is 2. The smallest absolute Gasteiger partial charge is 0.245 e. The van der Waals surface area contributed by atoms with Crippen LogP contribution in [0.3, 0.4) is 0 Å². The van der Waals surface area contributed by atoms with Gasteiger partial charge in [-0.25, -0.2) is 0 Å². The number of aromatic hydroxyl groups is 1. The summed E-state index contributed by atoms with van der Waals surface area (Å²) in [5.74, 6) is -0.813. The number of likely N-dealkylation sites (N-methyl/N-ethyl adjacent to an activating group) is 1. The minimum atomic E-state index is -0.979. The summed E-state index contributed by atoms with van der Waals surface area (Å²) in [6.45, 7) is 6.23. The first kappa shape index (κ1) is 37.4. The van der Waals surface area contributed by atoms with Crippen LogP contribution in [0.25, 0.3) is 0 Å². The van der Waals surface area contributed by atoms with Gasteiger partial charge in [-0.05, 0) is 55.4 Å². The molecule has 248 valence electrons. The van der Waals surface area contributed by atoms with Gasteiger partial charge in [-0.2, -0.15) is 0 Å². The molecule has 45 heavy (non-hydrogen) atoms. The molecule has 4 amide bonds. The van der Waals surface area contributed by atoms with Gasteiger partial charge >= 0.3 is 0 Å². The fraction of sp³-hybridized carbons (Fsp3) is 0.515. The standard InChI is InChI=1S/C33H49N5O6S/c1-23(2)16-18-38(17-9-19-45(5)44)33(43)29(21-25-10-7-6-8-11-25)37(4)30(40)22-35-31(41)24(3)36-32(42)28(34)20-26-12-14-27(39)15-13-26/h6-8,10-15,23-24,28-29,39H,9,16-22,34H2,1-5H3,(H,35,41)(H,36,42)/t24-,28+,29+,45?/m1/s1. The zero-order valence-corrected chi connectivity index (χ0v) is 27.8. The largest absolute Gasteiger partial charge is 0.508 e. The van der Waals surface area contributed by atoms with Gasteiger partial charge < -0.3 is 31.3 Å². The van der Waals surface area contributed by atoms with Crippen molar-refractivity contribution < 1.29 is 28.5 Å². The number of carbonyl (C=O) groups is 4. The summed E-state index contributed by atoms with van der Waals surface area (Å²) in [5, 5.41) is 14.6. The molecule has 4 atom stereocenters. The molecule has 0 bridgehead atoms. The lowest BCUT2D eigenvalue weighted by molar-refractivity contribution is -0.144. The zero-order chi connectivity index (χ0) is 33.5. The van der Waals surface area contributed by atoms with Gasteiger partial charge in [0.15, 0.2) is 0 Å². The predicted octanol–water partition coefficient (Wildman–Crippen LogP) is 1.60. The summed E-state index contributed by atoms with van der Waals surface area (Å²) in [6.07, 6.45) is 3.51. The highest BCUT2D eigenvalue weighted by Gasteiger charge is 2.31. The topological polar surface area (TPSA) is 162 Å². The van der Waals surface area contributed by atoms with Crippen LogP contribution in [0.1, 0.15) is 44.7 Å². The molecular weight excluding hydrogens is 594 g/mol. The molecule has 0 aromatic heterocycles. The number of benzene rings is 2. The molecule has 0 fully saturated rings. The fourth-order valence-electron chi connectivity index (χ4n) is 4.62. The monoisotopic (exact) mass is 643 g/mol. The van der Waals surface area contributed by atoms with E-state index in [2.05, 4.69) is 24.5 Å². The van der Waals surface area contributed by atoms with Crippen molar-refractivity contribution in [1.82, 2.24) is 20.4 Å². The van der Waals surface area contributed by atoms with Crippen LogP contribution in [-0.2, 0) is 42.8 Å². The maximum Gasteiger partial charge on any atom is 0.245 e. The van der Waals surface area contributed by atoms with E-state index in [1.54, 1.807) is 30.3 Å². The number of nitrogens with one attached hydrogen (secondary N) is 2. The molecule has 0 aliphatic heterocycles. The molecule has 0 spiro atoms. The minimum Gasteiger partial charge on any atom is -0.508 e. The van der Waals surface area contributed by atoms with Crippen molar-refractivity contribution in [2.75, 3.05) is 38.7 Å². The molecule has 2 aromatic rings. The summed E-state index contributed by atoms with van der Waals surface area (Å²) in [6, 6.07) is 13.1. The summed E-state index contributed by atoms with van der Waals surface area (Å²) < 4.78 is 11.7. The Bertz CT molecular complexity index is 1270. The van der Waals surface area contributed by atoms with E-state index < -0.39 is 46.6 Å². The lowest BCUT2D eigenvalue weighted by Gasteiger charge is -2.33. The molecule has 2 aromatic carbocycles. The van der Waals surface area contributed by atoms with E-state index in [-0.39, 0.29) is 24.6 Å². The van der Waals surface area contributed by atoms with Crippen LogP contribution in [0.4, 0.5) is 0 Å². The molecule has 11 nitrogen and oxygen atoms in total. The van der Waals surface area contributed by atoms with Crippen LogP contribution < -0.4 is 16.4 Å². The number of rotatable bonds is 18. The molecule has 0 heterocycles. The fourth-order valence-corrected chi connectivity index (χ4v) is 5.16. The molecule has 0 radical (unpaired) electrons. The molecule has 0 aliphatic carbocycles. The molecular formula is C33H49N5O6S. The number of nitrogens with two attached hydrogens (primary N) is 1. The van der Waals surface area contributed by atoms with Crippen molar-refractivity contribution in [3.8, 4) is 5.75 Å². The molecule has 0 saturated heterocycles. The number of hydrogen-bond donors (Lipinski definition) is 4. The Hall–Kier alpha value is -3.77. The Morgan fingerprint density at radius 3 is 2.13 bits per heavy atom. The Balaban J connectivity index is 2.06. The van der Waals surface area contributed by atoms with E-state index in [0.717, 1.165) is 17.5 Å². The first-order chi connectivity index (χ1) is 21.3. The van der Waals surface area contributed by atoms with Crippen LogP contribution in [0.2, 0.25) is 0 Å². The van der Waals surface area contributed by atoms with E-state index in [4.69, 9.17) is 5.73 Å². The minimum absolute atomic E-state index is 0.104. The lowest BCUT2D eigenvalue weighted by atomic mass is 10.0. The highest BCUT2D eigenvalue weighted by Crippen LogP contribution is 2.14. The van der Waals surface area contributed by atoms with Crippen LogP contribution in [-0.4, -0.2) is 99.6 Å². The van der Waals surface area contributed by atoms with Crippen LogP contribution in [0.15, 0.2) is 54.6 Å². The maximum absolute atomic E-state index is 14.0. The van der Waals surface area contributed by atoms with Gasteiger partial charge in [-0.3, -0.25) is 23.4 Å².